The standard InChI is InChI=1S/C13H10ClN3O2/c14-11-9-6-7-10(11)17-13(19)15(12(18)16(9)17)8-4-2-1-3-5-8/h1-7,9-11H/t9-,10+,11?. The van der Waals surface area contributed by atoms with Crippen LogP contribution in [0.3, 0.4) is 0 Å². The number of hydrogen-bond acceptors (Lipinski definition) is 2. The fraction of sp³-hybridized carbons (Fsp3) is 0.231. The van der Waals surface area contributed by atoms with Crippen molar-refractivity contribution >= 4 is 11.6 Å². The molecule has 2 heterocycles. The minimum Gasteiger partial charge on any atom is -0.245 e. The lowest BCUT2D eigenvalue weighted by molar-refractivity contribution is 0.505. The number of rotatable bonds is 1. The number of halogens is 1. The molecule has 1 aromatic heterocycles. The summed E-state index contributed by atoms with van der Waals surface area (Å²) < 4.78 is 4.10. The van der Waals surface area contributed by atoms with Crippen molar-refractivity contribution in [1.29, 1.82) is 0 Å². The van der Waals surface area contributed by atoms with Gasteiger partial charge >= 0.3 is 11.4 Å². The van der Waals surface area contributed by atoms with Gasteiger partial charge in [0.05, 0.1) is 23.1 Å². The number of hydrogen-bond donors (Lipinski definition) is 0. The van der Waals surface area contributed by atoms with Crippen LogP contribution < -0.4 is 11.4 Å². The van der Waals surface area contributed by atoms with Crippen molar-refractivity contribution in [1.82, 2.24) is 13.9 Å². The van der Waals surface area contributed by atoms with Crippen LogP contribution in [0, 0.1) is 0 Å². The van der Waals surface area contributed by atoms with Gasteiger partial charge in [0, 0.05) is 0 Å². The summed E-state index contributed by atoms with van der Waals surface area (Å²) in [6.45, 7) is 0. The lowest BCUT2D eigenvalue weighted by atomic mass is 10.2. The SMILES string of the molecule is O=c1n(-c2ccccc2)c(=O)n2n1[C@@H]1C=C[C@H]2C1Cl. The Bertz CT molecular complexity index is 754. The second-order valence-corrected chi connectivity index (χ2v) is 5.24. The Balaban J connectivity index is 2.03. The van der Waals surface area contributed by atoms with E-state index in [-0.39, 0.29) is 28.8 Å². The molecule has 4 rings (SSSR count). The van der Waals surface area contributed by atoms with Gasteiger partial charge in [-0.25, -0.2) is 23.5 Å². The lowest BCUT2D eigenvalue weighted by Crippen LogP contribution is -2.30. The number of alkyl halides is 1. The van der Waals surface area contributed by atoms with Gasteiger partial charge in [0.25, 0.3) is 0 Å². The molecule has 2 bridgehead atoms. The van der Waals surface area contributed by atoms with E-state index in [1.54, 1.807) is 24.3 Å². The highest BCUT2D eigenvalue weighted by Crippen LogP contribution is 2.40. The first-order chi connectivity index (χ1) is 9.20. The summed E-state index contributed by atoms with van der Waals surface area (Å²) >= 11 is 6.23. The van der Waals surface area contributed by atoms with E-state index in [9.17, 15) is 9.59 Å². The Kier molecular flexibility index (Phi) is 2.01. The van der Waals surface area contributed by atoms with Crippen LogP contribution in [-0.4, -0.2) is 19.3 Å². The number of aromatic nitrogens is 3. The molecule has 19 heavy (non-hydrogen) atoms. The molecular formula is C13H10ClN3O2. The summed E-state index contributed by atoms with van der Waals surface area (Å²) in [6.07, 6.45) is 3.77. The van der Waals surface area contributed by atoms with E-state index in [0.717, 1.165) is 0 Å². The van der Waals surface area contributed by atoms with Gasteiger partial charge in [0.1, 0.15) is 0 Å². The Morgan fingerprint density at radius 3 is 1.95 bits per heavy atom. The summed E-state index contributed by atoms with van der Waals surface area (Å²) in [5.41, 5.74) is -0.0881. The van der Waals surface area contributed by atoms with E-state index in [4.69, 9.17) is 11.6 Å². The number of benzene rings is 1. The van der Waals surface area contributed by atoms with Crippen LogP contribution >= 0.6 is 11.6 Å². The highest BCUT2D eigenvalue weighted by molar-refractivity contribution is 6.22. The fourth-order valence-electron chi connectivity index (χ4n) is 2.89. The summed E-state index contributed by atoms with van der Waals surface area (Å²) in [5.74, 6) is 0. The Morgan fingerprint density at radius 1 is 0.895 bits per heavy atom. The zero-order valence-corrected chi connectivity index (χ0v) is 10.6. The predicted octanol–water partition coefficient (Wildman–Crippen LogP) is 1.07. The molecule has 1 aliphatic carbocycles. The van der Waals surface area contributed by atoms with E-state index in [1.807, 2.05) is 18.2 Å². The van der Waals surface area contributed by atoms with Crippen LogP contribution in [0.5, 0.6) is 0 Å². The van der Waals surface area contributed by atoms with Gasteiger partial charge in [-0.3, -0.25) is 0 Å². The maximum Gasteiger partial charge on any atom is 0.352 e. The second-order valence-electron chi connectivity index (χ2n) is 4.74. The summed E-state index contributed by atoms with van der Waals surface area (Å²) in [7, 11) is 0. The molecule has 0 saturated carbocycles. The number of nitrogens with zero attached hydrogens (tertiary/aromatic N) is 3. The normalized spacial score (nSPS) is 26.9. The van der Waals surface area contributed by atoms with E-state index < -0.39 is 0 Å². The Labute approximate surface area is 112 Å². The van der Waals surface area contributed by atoms with Gasteiger partial charge in [-0.05, 0) is 12.1 Å². The molecule has 6 heteroatoms. The van der Waals surface area contributed by atoms with Gasteiger partial charge in [-0.15, -0.1) is 11.6 Å². The van der Waals surface area contributed by atoms with Crippen molar-refractivity contribution in [3.8, 4) is 5.69 Å². The third-order valence-corrected chi connectivity index (χ3v) is 4.26. The van der Waals surface area contributed by atoms with E-state index in [2.05, 4.69) is 0 Å². The molecule has 3 atom stereocenters. The van der Waals surface area contributed by atoms with Crippen molar-refractivity contribution in [2.75, 3.05) is 0 Å². The molecule has 2 aliphatic rings. The van der Waals surface area contributed by atoms with Gasteiger partial charge in [-0.1, -0.05) is 30.4 Å². The quantitative estimate of drug-likeness (QED) is 0.577. The zero-order valence-electron chi connectivity index (χ0n) is 9.81. The lowest BCUT2D eigenvalue weighted by Gasteiger charge is -2.07. The van der Waals surface area contributed by atoms with Crippen LogP contribution in [0.4, 0.5) is 0 Å². The Morgan fingerprint density at radius 2 is 1.42 bits per heavy atom. The van der Waals surface area contributed by atoms with Crippen molar-refractivity contribution in [3.63, 3.8) is 0 Å². The summed E-state index contributed by atoms with van der Waals surface area (Å²) in [5, 5.41) is -0.245. The third kappa shape index (κ3) is 1.20. The minimum atomic E-state index is -0.335. The Hall–Kier alpha value is -2.01. The molecule has 0 radical (unpaired) electrons. The first kappa shape index (κ1) is 10.9. The number of para-hydroxylation sites is 1. The highest BCUT2D eigenvalue weighted by Gasteiger charge is 2.44. The van der Waals surface area contributed by atoms with Gasteiger partial charge in [0.15, 0.2) is 0 Å². The van der Waals surface area contributed by atoms with Gasteiger partial charge in [-0.2, -0.15) is 0 Å². The number of fused-ring (bicyclic) bond motifs is 5. The summed E-state index contributed by atoms with van der Waals surface area (Å²) in [6, 6.07) is 8.47. The molecule has 0 fully saturated rings. The molecule has 1 unspecified atom stereocenters. The van der Waals surface area contributed by atoms with Crippen LogP contribution in [0.1, 0.15) is 12.1 Å². The van der Waals surface area contributed by atoms with Crippen molar-refractivity contribution in [2.45, 2.75) is 17.5 Å². The van der Waals surface area contributed by atoms with E-state index in [0.29, 0.717) is 5.69 Å². The van der Waals surface area contributed by atoms with Crippen molar-refractivity contribution in [3.05, 3.63) is 63.5 Å². The monoisotopic (exact) mass is 275 g/mol. The topological polar surface area (TPSA) is 48.9 Å². The van der Waals surface area contributed by atoms with Crippen LogP contribution in [0.25, 0.3) is 5.69 Å². The highest BCUT2D eigenvalue weighted by atomic mass is 35.5. The maximum atomic E-state index is 12.4. The molecule has 96 valence electrons. The molecular weight excluding hydrogens is 266 g/mol. The predicted molar refractivity (Wildman–Crippen MR) is 71.1 cm³/mol. The average molecular weight is 276 g/mol. The first-order valence-corrected chi connectivity index (χ1v) is 6.47. The van der Waals surface area contributed by atoms with Gasteiger partial charge in [0.2, 0.25) is 0 Å². The molecule has 2 aromatic rings. The summed E-state index contributed by atoms with van der Waals surface area (Å²) in [4.78, 5) is 24.9. The average Bonchev–Trinajstić information content (AvgIpc) is 3.01. The second kappa shape index (κ2) is 3.51. The third-order valence-electron chi connectivity index (χ3n) is 3.74. The van der Waals surface area contributed by atoms with E-state index >= 15 is 0 Å². The molecule has 0 saturated heterocycles. The van der Waals surface area contributed by atoms with Crippen LogP contribution in [-0.2, 0) is 0 Å². The minimum absolute atomic E-state index is 0.225. The van der Waals surface area contributed by atoms with Crippen LogP contribution in [0.2, 0.25) is 0 Å². The van der Waals surface area contributed by atoms with Crippen molar-refractivity contribution in [2.24, 2.45) is 0 Å². The molecule has 1 aromatic carbocycles. The molecule has 0 spiro atoms. The maximum absolute atomic E-state index is 12.4. The zero-order chi connectivity index (χ0) is 13.1. The van der Waals surface area contributed by atoms with Crippen LogP contribution in [0.15, 0.2) is 52.1 Å². The van der Waals surface area contributed by atoms with Crippen molar-refractivity contribution < 1.29 is 0 Å². The molecule has 0 N–H and O–H groups in total. The first-order valence-electron chi connectivity index (χ1n) is 6.04. The fourth-order valence-corrected chi connectivity index (χ4v) is 3.27. The van der Waals surface area contributed by atoms with Gasteiger partial charge < -0.3 is 0 Å². The molecule has 5 nitrogen and oxygen atoms in total. The largest absolute Gasteiger partial charge is 0.352 e. The number of allylic oxidation sites excluding steroid dienone is 2. The molecule has 1 aliphatic heterocycles. The smallest absolute Gasteiger partial charge is 0.245 e. The van der Waals surface area contributed by atoms with E-state index in [1.165, 1.54) is 13.9 Å². The molecule has 0 amide bonds.